The van der Waals surface area contributed by atoms with E-state index in [0.717, 1.165) is 0 Å². The van der Waals surface area contributed by atoms with Crippen LogP contribution in [-0.2, 0) is 9.53 Å². The van der Waals surface area contributed by atoms with Gasteiger partial charge in [-0.2, -0.15) is 5.26 Å². The average molecular weight is 176 g/mol. The van der Waals surface area contributed by atoms with Crippen LogP contribution in [0.4, 0.5) is 0 Å². The Bertz CT molecular complexity index is 362. The number of hydrogen-bond acceptors (Lipinski definition) is 4. The Hall–Kier alpha value is -1.63. The highest BCUT2D eigenvalue weighted by molar-refractivity contribution is 6.24. The summed E-state index contributed by atoms with van der Waals surface area (Å²) in [6, 6.07) is 2.02. The standard InChI is InChI=1S/C9H8N2O2/c1-5-6(3-10)2-7-8(11-5)4-13-9(7)12/h2,5-6H,4H2,1H3. The molecule has 4 nitrogen and oxygen atoms in total. The summed E-state index contributed by atoms with van der Waals surface area (Å²) in [5.74, 6) is -0.657. The molecule has 0 saturated carbocycles. The van der Waals surface area contributed by atoms with Crippen LogP contribution in [0.25, 0.3) is 0 Å². The largest absolute Gasteiger partial charge is 0.456 e. The summed E-state index contributed by atoms with van der Waals surface area (Å²) in [6.45, 7) is 2.12. The SMILES string of the molecule is CC1N=C2COC(=O)C2=CC1C#N. The first kappa shape index (κ1) is 7.99. The highest BCUT2D eigenvalue weighted by atomic mass is 16.5. The van der Waals surface area contributed by atoms with Gasteiger partial charge in [0.15, 0.2) is 0 Å². The Labute approximate surface area is 75.5 Å². The van der Waals surface area contributed by atoms with Crippen LogP contribution in [0.3, 0.4) is 0 Å². The van der Waals surface area contributed by atoms with Gasteiger partial charge in [0.05, 0.1) is 29.3 Å². The molecule has 4 heteroatoms. The van der Waals surface area contributed by atoms with Gasteiger partial charge in [-0.05, 0) is 13.0 Å². The van der Waals surface area contributed by atoms with Gasteiger partial charge in [0.1, 0.15) is 6.61 Å². The van der Waals surface area contributed by atoms with E-state index in [1.165, 1.54) is 0 Å². The maximum absolute atomic E-state index is 11.1. The van der Waals surface area contributed by atoms with Gasteiger partial charge in [0.25, 0.3) is 0 Å². The van der Waals surface area contributed by atoms with E-state index in [1.807, 2.05) is 6.92 Å². The molecule has 0 aliphatic carbocycles. The Kier molecular flexibility index (Phi) is 1.66. The Balaban J connectivity index is 2.39. The molecule has 2 atom stereocenters. The van der Waals surface area contributed by atoms with E-state index in [4.69, 9.17) is 10.00 Å². The third-order valence-electron chi connectivity index (χ3n) is 2.25. The van der Waals surface area contributed by atoms with E-state index in [2.05, 4.69) is 11.1 Å². The predicted molar refractivity (Wildman–Crippen MR) is 45.0 cm³/mol. The third-order valence-corrected chi connectivity index (χ3v) is 2.25. The summed E-state index contributed by atoms with van der Waals surface area (Å²) in [5.41, 5.74) is 1.16. The highest BCUT2D eigenvalue weighted by Gasteiger charge is 2.32. The topological polar surface area (TPSA) is 62.4 Å². The molecule has 0 radical (unpaired) electrons. The van der Waals surface area contributed by atoms with Gasteiger partial charge in [0, 0.05) is 0 Å². The van der Waals surface area contributed by atoms with Crippen molar-refractivity contribution in [3.8, 4) is 6.07 Å². The first-order valence-electron chi connectivity index (χ1n) is 4.08. The van der Waals surface area contributed by atoms with Crippen LogP contribution in [-0.4, -0.2) is 24.3 Å². The fraction of sp³-hybridized carbons (Fsp3) is 0.444. The molecule has 0 bridgehead atoms. The second-order valence-electron chi connectivity index (χ2n) is 3.13. The maximum atomic E-state index is 11.1. The van der Waals surface area contributed by atoms with Crippen LogP contribution in [0.15, 0.2) is 16.6 Å². The van der Waals surface area contributed by atoms with Crippen molar-refractivity contribution in [2.45, 2.75) is 13.0 Å². The molecule has 0 aromatic rings. The number of fused-ring (bicyclic) bond motifs is 1. The van der Waals surface area contributed by atoms with Gasteiger partial charge in [0.2, 0.25) is 0 Å². The quantitative estimate of drug-likeness (QED) is 0.503. The zero-order valence-corrected chi connectivity index (χ0v) is 7.15. The lowest BCUT2D eigenvalue weighted by molar-refractivity contribution is -0.134. The third kappa shape index (κ3) is 1.13. The number of dihydropyridines is 1. The molecular formula is C9H8N2O2. The van der Waals surface area contributed by atoms with Crippen molar-refractivity contribution in [3.05, 3.63) is 11.6 Å². The van der Waals surface area contributed by atoms with Crippen LogP contribution < -0.4 is 0 Å². The Morgan fingerprint density at radius 3 is 3.23 bits per heavy atom. The lowest BCUT2D eigenvalue weighted by atomic mass is 9.95. The monoisotopic (exact) mass is 176 g/mol. The zero-order valence-electron chi connectivity index (χ0n) is 7.15. The fourth-order valence-corrected chi connectivity index (χ4v) is 1.47. The molecule has 0 amide bonds. The van der Waals surface area contributed by atoms with Crippen LogP contribution in [0.2, 0.25) is 0 Å². The lowest BCUT2D eigenvalue weighted by Crippen LogP contribution is -2.21. The van der Waals surface area contributed by atoms with E-state index in [-0.39, 0.29) is 24.5 Å². The molecule has 0 spiro atoms. The van der Waals surface area contributed by atoms with Crippen molar-refractivity contribution in [2.75, 3.05) is 6.61 Å². The number of cyclic esters (lactones) is 1. The van der Waals surface area contributed by atoms with Crippen molar-refractivity contribution in [3.63, 3.8) is 0 Å². The van der Waals surface area contributed by atoms with Crippen LogP contribution >= 0.6 is 0 Å². The van der Waals surface area contributed by atoms with Gasteiger partial charge >= 0.3 is 5.97 Å². The molecule has 2 heterocycles. The molecule has 2 unspecified atom stereocenters. The number of nitrogens with zero attached hydrogens (tertiary/aromatic N) is 2. The van der Waals surface area contributed by atoms with Crippen molar-refractivity contribution < 1.29 is 9.53 Å². The number of carbonyl (C=O) groups excluding carboxylic acids is 1. The van der Waals surface area contributed by atoms with Gasteiger partial charge in [-0.3, -0.25) is 4.99 Å². The van der Waals surface area contributed by atoms with Crippen molar-refractivity contribution in [1.82, 2.24) is 0 Å². The number of rotatable bonds is 0. The minimum atomic E-state index is -0.356. The number of ether oxygens (including phenoxy) is 1. The summed E-state index contributed by atoms with van der Waals surface area (Å²) < 4.78 is 4.79. The summed E-state index contributed by atoms with van der Waals surface area (Å²) in [5, 5.41) is 8.75. The predicted octanol–water partition coefficient (Wildman–Crippen LogP) is 0.452. The maximum Gasteiger partial charge on any atom is 0.340 e. The molecule has 1 saturated heterocycles. The first-order valence-corrected chi connectivity index (χ1v) is 4.08. The van der Waals surface area contributed by atoms with Crippen molar-refractivity contribution >= 4 is 11.7 Å². The minimum Gasteiger partial charge on any atom is -0.456 e. The number of carbonyl (C=O) groups is 1. The smallest absolute Gasteiger partial charge is 0.340 e. The van der Waals surface area contributed by atoms with Gasteiger partial charge in [-0.25, -0.2) is 4.79 Å². The highest BCUT2D eigenvalue weighted by Crippen LogP contribution is 2.23. The Morgan fingerprint density at radius 2 is 2.54 bits per heavy atom. The molecule has 1 fully saturated rings. The summed E-state index contributed by atoms with van der Waals surface area (Å²) in [4.78, 5) is 15.3. The minimum absolute atomic E-state index is 0.0711. The molecule has 0 N–H and O–H groups in total. The number of esters is 1. The van der Waals surface area contributed by atoms with Crippen molar-refractivity contribution in [1.29, 1.82) is 5.26 Å². The summed E-state index contributed by atoms with van der Waals surface area (Å²) in [7, 11) is 0. The van der Waals surface area contributed by atoms with E-state index < -0.39 is 0 Å². The van der Waals surface area contributed by atoms with E-state index in [1.54, 1.807) is 6.08 Å². The Morgan fingerprint density at radius 1 is 1.77 bits per heavy atom. The number of hydrogen-bond donors (Lipinski definition) is 0. The molecule has 66 valence electrons. The summed E-state index contributed by atoms with van der Waals surface area (Å²) >= 11 is 0. The molecule has 2 aliphatic rings. The normalized spacial score (nSPS) is 31.2. The van der Waals surface area contributed by atoms with Crippen LogP contribution in [0, 0.1) is 17.2 Å². The van der Waals surface area contributed by atoms with Crippen LogP contribution in [0.1, 0.15) is 6.92 Å². The van der Waals surface area contributed by atoms with Crippen LogP contribution in [0.5, 0.6) is 0 Å². The average Bonchev–Trinajstić information content (AvgIpc) is 2.46. The van der Waals surface area contributed by atoms with E-state index in [0.29, 0.717) is 11.3 Å². The zero-order chi connectivity index (χ0) is 9.42. The molecule has 2 rings (SSSR count). The fourth-order valence-electron chi connectivity index (χ4n) is 1.47. The number of nitriles is 1. The van der Waals surface area contributed by atoms with Crippen molar-refractivity contribution in [2.24, 2.45) is 10.9 Å². The van der Waals surface area contributed by atoms with E-state index in [9.17, 15) is 4.79 Å². The molecule has 2 aliphatic heterocycles. The lowest BCUT2D eigenvalue weighted by Gasteiger charge is -2.15. The van der Waals surface area contributed by atoms with Gasteiger partial charge in [-0.15, -0.1) is 0 Å². The van der Waals surface area contributed by atoms with Gasteiger partial charge < -0.3 is 4.74 Å². The summed E-state index contributed by atoms with van der Waals surface area (Å²) in [6.07, 6.45) is 1.66. The molecular weight excluding hydrogens is 168 g/mol. The second kappa shape index (κ2) is 2.70. The second-order valence-corrected chi connectivity index (χ2v) is 3.13. The molecule has 0 aromatic carbocycles. The van der Waals surface area contributed by atoms with Gasteiger partial charge in [-0.1, -0.05) is 0 Å². The number of aliphatic imine (C=N–C) groups is 1. The molecule has 13 heavy (non-hydrogen) atoms. The molecule has 0 aromatic heterocycles. The van der Waals surface area contributed by atoms with E-state index >= 15 is 0 Å². The first-order chi connectivity index (χ1) is 6.22.